The van der Waals surface area contributed by atoms with Crippen molar-refractivity contribution in [2.24, 2.45) is 0 Å². The zero-order valence-corrected chi connectivity index (χ0v) is 15.2. The maximum Gasteiger partial charge on any atom is 0.272 e. The Morgan fingerprint density at radius 3 is 2.65 bits per heavy atom. The molecule has 1 aromatic heterocycles. The van der Waals surface area contributed by atoms with Crippen LogP contribution in [-0.2, 0) is 5.41 Å². The second-order valence-electron chi connectivity index (χ2n) is 7.77. The van der Waals surface area contributed by atoms with Gasteiger partial charge in [0.2, 0.25) is 0 Å². The summed E-state index contributed by atoms with van der Waals surface area (Å²) >= 11 is 0. The summed E-state index contributed by atoms with van der Waals surface area (Å²) in [6.07, 6.45) is 0.726. The monoisotopic (exact) mass is 362 g/mol. The molecule has 1 aliphatic heterocycles. The number of rotatable bonds is 3. The Labute approximate surface area is 151 Å². The Kier molecular flexibility index (Phi) is 5.09. The van der Waals surface area contributed by atoms with Crippen LogP contribution in [0.25, 0.3) is 0 Å². The van der Waals surface area contributed by atoms with Gasteiger partial charge in [0, 0.05) is 29.6 Å². The average molecular weight is 362 g/mol. The molecule has 0 bridgehead atoms. The Morgan fingerprint density at radius 2 is 2.00 bits per heavy atom. The van der Waals surface area contributed by atoms with Gasteiger partial charge in [-0.15, -0.1) is 0 Å². The highest BCUT2D eigenvalue weighted by molar-refractivity contribution is 5.92. The van der Waals surface area contributed by atoms with Crippen molar-refractivity contribution < 1.29 is 13.6 Å². The fourth-order valence-corrected chi connectivity index (χ4v) is 3.22. The molecule has 2 unspecified atom stereocenters. The summed E-state index contributed by atoms with van der Waals surface area (Å²) in [6, 6.07) is 5.46. The highest BCUT2D eigenvalue weighted by Crippen LogP contribution is 2.27. The lowest BCUT2D eigenvalue weighted by Crippen LogP contribution is -2.50. The van der Waals surface area contributed by atoms with E-state index in [1.165, 1.54) is 6.07 Å². The molecule has 1 aliphatic rings. The number of nitrogens with one attached hydrogen (secondary N) is 3. The molecule has 0 saturated carbocycles. The van der Waals surface area contributed by atoms with E-state index < -0.39 is 11.6 Å². The number of halogens is 2. The third kappa shape index (κ3) is 3.93. The van der Waals surface area contributed by atoms with Gasteiger partial charge in [-0.1, -0.05) is 26.8 Å². The van der Waals surface area contributed by atoms with Crippen LogP contribution < -0.4 is 10.6 Å². The SMILES string of the molecule is CC(C)(C)c1cc(C(=O)NC2CNCCC2c2ccc(F)c(F)c2)n[nH]1. The van der Waals surface area contributed by atoms with Crippen molar-refractivity contribution in [3.05, 3.63) is 52.9 Å². The minimum atomic E-state index is -0.867. The number of hydrogen-bond donors (Lipinski definition) is 3. The maximum atomic E-state index is 13.6. The normalized spacial score (nSPS) is 20.8. The lowest BCUT2D eigenvalue weighted by Gasteiger charge is -2.33. The first-order valence-electron chi connectivity index (χ1n) is 8.78. The van der Waals surface area contributed by atoms with Gasteiger partial charge in [0.15, 0.2) is 11.6 Å². The summed E-state index contributed by atoms with van der Waals surface area (Å²) in [6.45, 7) is 7.42. The molecule has 2 aromatic rings. The maximum absolute atomic E-state index is 13.6. The summed E-state index contributed by atoms with van der Waals surface area (Å²) < 4.78 is 26.8. The molecule has 1 fully saturated rings. The number of hydrogen-bond acceptors (Lipinski definition) is 3. The van der Waals surface area contributed by atoms with Crippen molar-refractivity contribution in [1.29, 1.82) is 0 Å². The van der Waals surface area contributed by atoms with Crippen LogP contribution in [0.15, 0.2) is 24.3 Å². The van der Waals surface area contributed by atoms with Crippen LogP contribution in [0.3, 0.4) is 0 Å². The van der Waals surface area contributed by atoms with E-state index in [-0.39, 0.29) is 23.3 Å². The van der Waals surface area contributed by atoms with Crippen molar-refractivity contribution in [1.82, 2.24) is 20.8 Å². The quantitative estimate of drug-likeness (QED) is 0.786. The predicted molar refractivity (Wildman–Crippen MR) is 95.1 cm³/mol. The van der Waals surface area contributed by atoms with E-state index >= 15 is 0 Å². The second-order valence-corrected chi connectivity index (χ2v) is 7.77. The van der Waals surface area contributed by atoms with E-state index in [1.54, 1.807) is 12.1 Å². The first-order chi connectivity index (χ1) is 12.3. The summed E-state index contributed by atoms with van der Waals surface area (Å²) in [5.74, 6) is -2.10. The number of H-pyrrole nitrogens is 1. The van der Waals surface area contributed by atoms with Crippen molar-refractivity contribution >= 4 is 5.91 Å². The number of nitrogens with zero attached hydrogens (tertiary/aromatic N) is 1. The van der Waals surface area contributed by atoms with Crippen LogP contribution in [0.2, 0.25) is 0 Å². The van der Waals surface area contributed by atoms with E-state index in [0.717, 1.165) is 24.7 Å². The van der Waals surface area contributed by atoms with Crippen LogP contribution in [-0.4, -0.2) is 35.2 Å². The molecule has 1 aromatic carbocycles. The fraction of sp³-hybridized carbons (Fsp3) is 0.474. The van der Waals surface area contributed by atoms with Gasteiger partial charge in [-0.25, -0.2) is 8.78 Å². The molecule has 0 radical (unpaired) electrons. The van der Waals surface area contributed by atoms with Crippen molar-refractivity contribution in [3.63, 3.8) is 0 Å². The van der Waals surface area contributed by atoms with Gasteiger partial charge in [0.05, 0.1) is 0 Å². The molecular weight excluding hydrogens is 338 g/mol. The Morgan fingerprint density at radius 1 is 1.23 bits per heavy atom. The van der Waals surface area contributed by atoms with Gasteiger partial charge < -0.3 is 10.6 Å². The van der Waals surface area contributed by atoms with Crippen LogP contribution >= 0.6 is 0 Å². The van der Waals surface area contributed by atoms with Gasteiger partial charge >= 0.3 is 0 Å². The molecule has 3 rings (SSSR count). The van der Waals surface area contributed by atoms with Gasteiger partial charge in [0.25, 0.3) is 5.91 Å². The number of amides is 1. The average Bonchev–Trinajstić information content (AvgIpc) is 3.08. The summed E-state index contributed by atoms with van der Waals surface area (Å²) in [5.41, 5.74) is 1.76. The Hall–Kier alpha value is -2.28. The topological polar surface area (TPSA) is 69.8 Å². The van der Waals surface area contributed by atoms with Gasteiger partial charge in [-0.05, 0) is 36.7 Å². The van der Waals surface area contributed by atoms with Gasteiger partial charge in [-0.3, -0.25) is 9.89 Å². The first-order valence-corrected chi connectivity index (χ1v) is 8.78. The molecule has 0 spiro atoms. The molecule has 140 valence electrons. The number of aromatic nitrogens is 2. The number of carbonyl (C=O) groups excluding carboxylic acids is 1. The predicted octanol–water partition coefficient (Wildman–Crippen LogP) is 2.86. The minimum Gasteiger partial charge on any atom is -0.346 e. The number of carbonyl (C=O) groups is 1. The van der Waals surface area contributed by atoms with Crippen LogP contribution in [0.5, 0.6) is 0 Å². The molecule has 26 heavy (non-hydrogen) atoms. The van der Waals surface area contributed by atoms with Crippen LogP contribution in [0, 0.1) is 11.6 Å². The number of aromatic amines is 1. The molecule has 2 atom stereocenters. The molecule has 7 heteroatoms. The molecule has 0 aliphatic carbocycles. The van der Waals surface area contributed by atoms with E-state index in [2.05, 4.69) is 20.8 Å². The highest BCUT2D eigenvalue weighted by atomic mass is 19.2. The number of piperidine rings is 1. The van der Waals surface area contributed by atoms with E-state index in [4.69, 9.17) is 0 Å². The van der Waals surface area contributed by atoms with Crippen molar-refractivity contribution in [2.45, 2.75) is 44.6 Å². The third-order valence-electron chi connectivity index (χ3n) is 4.79. The minimum absolute atomic E-state index is 0.0867. The zero-order chi connectivity index (χ0) is 18.9. The number of benzene rings is 1. The van der Waals surface area contributed by atoms with Crippen molar-refractivity contribution in [3.8, 4) is 0 Å². The second kappa shape index (κ2) is 7.15. The van der Waals surface area contributed by atoms with E-state index in [0.29, 0.717) is 17.8 Å². The third-order valence-corrected chi connectivity index (χ3v) is 4.79. The smallest absolute Gasteiger partial charge is 0.272 e. The molecule has 2 heterocycles. The zero-order valence-electron chi connectivity index (χ0n) is 15.2. The lowest BCUT2D eigenvalue weighted by molar-refractivity contribution is 0.0919. The largest absolute Gasteiger partial charge is 0.346 e. The Balaban J connectivity index is 1.76. The standard InChI is InChI=1S/C19H24F2N4O/c1-19(2,3)17-9-15(24-25-17)18(26)23-16-10-22-7-6-12(16)11-4-5-13(20)14(21)8-11/h4-5,8-9,12,16,22H,6-7,10H2,1-3H3,(H,23,26)(H,24,25). The first kappa shape index (κ1) is 18.5. The summed E-state index contributed by atoms with van der Waals surface area (Å²) in [5, 5.41) is 13.2. The molecule has 5 nitrogen and oxygen atoms in total. The van der Waals surface area contributed by atoms with Crippen molar-refractivity contribution in [2.75, 3.05) is 13.1 Å². The van der Waals surface area contributed by atoms with Gasteiger partial charge in [-0.2, -0.15) is 5.10 Å². The van der Waals surface area contributed by atoms with Gasteiger partial charge in [0.1, 0.15) is 5.69 Å². The summed E-state index contributed by atoms with van der Waals surface area (Å²) in [4.78, 5) is 12.6. The molecule has 1 amide bonds. The highest BCUT2D eigenvalue weighted by Gasteiger charge is 2.29. The molecular formula is C19H24F2N4O. The van der Waals surface area contributed by atoms with E-state index in [9.17, 15) is 13.6 Å². The summed E-state index contributed by atoms with van der Waals surface area (Å²) in [7, 11) is 0. The van der Waals surface area contributed by atoms with Crippen LogP contribution in [0.1, 0.15) is 54.9 Å². The molecule has 1 saturated heterocycles. The van der Waals surface area contributed by atoms with E-state index in [1.807, 2.05) is 20.8 Å². The Bertz CT molecular complexity index is 797. The molecule has 3 N–H and O–H groups in total. The van der Waals surface area contributed by atoms with Crippen LogP contribution in [0.4, 0.5) is 8.78 Å². The lowest BCUT2D eigenvalue weighted by atomic mass is 9.86. The fourth-order valence-electron chi connectivity index (χ4n) is 3.22.